The molecule has 0 aliphatic heterocycles. The molecule has 0 spiro atoms. The van der Waals surface area contributed by atoms with E-state index in [9.17, 15) is 4.79 Å². The molecule has 5 nitrogen and oxygen atoms in total. The normalized spacial score (nSPS) is 11.2. The third-order valence-corrected chi connectivity index (χ3v) is 5.07. The van der Waals surface area contributed by atoms with Crippen LogP contribution in [0.25, 0.3) is 22.0 Å². The Morgan fingerprint density at radius 3 is 2.52 bits per heavy atom. The number of carbonyl (C=O) groups is 1. The van der Waals surface area contributed by atoms with Crippen LogP contribution in [0.15, 0.2) is 42.5 Å². The van der Waals surface area contributed by atoms with Gasteiger partial charge in [-0.25, -0.2) is 4.79 Å². The van der Waals surface area contributed by atoms with E-state index in [0.29, 0.717) is 25.4 Å². The van der Waals surface area contributed by atoms with Gasteiger partial charge in [-0.2, -0.15) is 0 Å². The van der Waals surface area contributed by atoms with Gasteiger partial charge in [0.1, 0.15) is 0 Å². The number of aryl methyl sites for hydroxylation is 1. The smallest absolute Gasteiger partial charge is 0.404 e. The molecule has 0 unspecified atom stereocenters. The first kappa shape index (κ1) is 20.8. The van der Waals surface area contributed by atoms with Crippen LogP contribution in [-0.4, -0.2) is 22.7 Å². The molecule has 0 aliphatic rings. The lowest BCUT2D eigenvalue weighted by Gasteiger charge is -2.18. The quantitative estimate of drug-likeness (QED) is 0.546. The predicted octanol–water partition coefficient (Wildman–Crippen LogP) is 4.68. The van der Waals surface area contributed by atoms with E-state index in [0.717, 1.165) is 45.3 Å². The topological polar surface area (TPSA) is 88.2 Å². The standard InChI is InChI=1S/C24H29N3O2/c1-15(2)12-22-20(14-25)23(18-7-4-16(3)5-8-18)19-13-17(6-9-21(19)27-22)10-11-26-24(28)29/h4-9,13,15,26H,10-12,14,25H2,1-3H3,(H,28,29). The van der Waals surface area contributed by atoms with Gasteiger partial charge in [0.25, 0.3) is 0 Å². The van der Waals surface area contributed by atoms with E-state index in [4.69, 9.17) is 15.8 Å². The molecule has 0 fully saturated rings. The number of nitrogens with two attached hydrogens (primary N) is 1. The molecule has 4 N–H and O–H groups in total. The maximum absolute atomic E-state index is 10.7. The van der Waals surface area contributed by atoms with Crippen LogP contribution in [0.4, 0.5) is 4.79 Å². The molecule has 0 aliphatic carbocycles. The summed E-state index contributed by atoms with van der Waals surface area (Å²) < 4.78 is 0. The van der Waals surface area contributed by atoms with E-state index < -0.39 is 6.09 Å². The van der Waals surface area contributed by atoms with Crippen LogP contribution in [0.1, 0.15) is 36.2 Å². The van der Waals surface area contributed by atoms with Crippen LogP contribution in [0.5, 0.6) is 0 Å². The number of fused-ring (bicyclic) bond motifs is 1. The number of nitrogens with zero attached hydrogens (tertiary/aromatic N) is 1. The lowest BCUT2D eigenvalue weighted by atomic mass is 9.90. The second kappa shape index (κ2) is 9.05. The van der Waals surface area contributed by atoms with Crippen molar-refractivity contribution in [3.05, 3.63) is 64.8 Å². The molecule has 3 aromatic rings. The molecule has 5 heteroatoms. The number of carboxylic acid groups (broad SMARTS) is 1. The highest BCUT2D eigenvalue weighted by Gasteiger charge is 2.17. The Morgan fingerprint density at radius 1 is 1.17 bits per heavy atom. The third kappa shape index (κ3) is 4.93. The molecule has 0 radical (unpaired) electrons. The fourth-order valence-corrected chi connectivity index (χ4v) is 3.70. The van der Waals surface area contributed by atoms with Crippen LogP contribution in [0.3, 0.4) is 0 Å². The maximum Gasteiger partial charge on any atom is 0.404 e. The Bertz CT molecular complexity index is 1010. The van der Waals surface area contributed by atoms with E-state index in [-0.39, 0.29) is 0 Å². The maximum atomic E-state index is 10.7. The number of aromatic nitrogens is 1. The number of hydrogen-bond donors (Lipinski definition) is 3. The van der Waals surface area contributed by atoms with Gasteiger partial charge in [0, 0.05) is 24.2 Å². The average molecular weight is 392 g/mol. The van der Waals surface area contributed by atoms with Crippen molar-refractivity contribution in [3.8, 4) is 11.1 Å². The summed E-state index contributed by atoms with van der Waals surface area (Å²) in [6, 6.07) is 14.7. The van der Waals surface area contributed by atoms with Crippen molar-refractivity contribution in [2.24, 2.45) is 11.7 Å². The van der Waals surface area contributed by atoms with Gasteiger partial charge in [-0.05, 0) is 60.1 Å². The zero-order valence-corrected chi connectivity index (χ0v) is 17.3. The molecule has 1 aromatic heterocycles. The zero-order chi connectivity index (χ0) is 21.0. The summed E-state index contributed by atoms with van der Waals surface area (Å²) in [4.78, 5) is 15.7. The first-order chi connectivity index (χ1) is 13.9. The lowest BCUT2D eigenvalue weighted by molar-refractivity contribution is 0.194. The summed E-state index contributed by atoms with van der Waals surface area (Å²) in [6.45, 7) is 7.27. The Morgan fingerprint density at radius 2 is 1.90 bits per heavy atom. The van der Waals surface area contributed by atoms with Crippen molar-refractivity contribution in [1.29, 1.82) is 0 Å². The van der Waals surface area contributed by atoms with Crippen LogP contribution >= 0.6 is 0 Å². The number of benzene rings is 2. The minimum atomic E-state index is -1.00. The van der Waals surface area contributed by atoms with Crippen molar-refractivity contribution in [1.82, 2.24) is 10.3 Å². The number of nitrogens with one attached hydrogen (secondary N) is 1. The summed E-state index contributed by atoms with van der Waals surface area (Å²) in [6.07, 6.45) is 0.504. The number of pyridine rings is 1. The summed E-state index contributed by atoms with van der Waals surface area (Å²) in [7, 11) is 0. The van der Waals surface area contributed by atoms with Crippen molar-refractivity contribution in [2.45, 2.75) is 40.2 Å². The third-order valence-electron chi connectivity index (χ3n) is 5.07. The fourth-order valence-electron chi connectivity index (χ4n) is 3.70. The largest absolute Gasteiger partial charge is 0.465 e. The molecule has 1 amide bonds. The van der Waals surface area contributed by atoms with Gasteiger partial charge in [-0.15, -0.1) is 0 Å². The number of rotatable bonds is 7. The van der Waals surface area contributed by atoms with Gasteiger partial charge in [-0.1, -0.05) is 49.7 Å². The Labute approximate surface area is 172 Å². The molecule has 29 heavy (non-hydrogen) atoms. The van der Waals surface area contributed by atoms with Gasteiger partial charge < -0.3 is 16.2 Å². The molecular weight excluding hydrogens is 362 g/mol. The summed E-state index contributed by atoms with van der Waals surface area (Å²) in [5.74, 6) is 0.484. The highest BCUT2D eigenvalue weighted by molar-refractivity contribution is 5.97. The van der Waals surface area contributed by atoms with E-state index >= 15 is 0 Å². The minimum absolute atomic E-state index is 0.378. The average Bonchev–Trinajstić information content (AvgIpc) is 2.67. The predicted molar refractivity (Wildman–Crippen MR) is 118 cm³/mol. The van der Waals surface area contributed by atoms with Gasteiger partial charge in [0.15, 0.2) is 0 Å². The Kier molecular flexibility index (Phi) is 6.49. The molecule has 0 saturated heterocycles. The second-order valence-electron chi connectivity index (χ2n) is 7.91. The Balaban J connectivity index is 2.18. The van der Waals surface area contributed by atoms with Crippen LogP contribution in [0.2, 0.25) is 0 Å². The summed E-state index contributed by atoms with van der Waals surface area (Å²) in [5, 5.41) is 12.3. The molecule has 0 bridgehead atoms. The molecule has 2 aromatic carbocycles. The van der Waals surface area contributed by atoms with Crippen molar-refractivity contribution < 1.29 is 9.90 Å². The molecular formula is C24H29N3O2. The molecule has 1 heterocycles. The highest BCUT2D eigenvalue weighted by atomic mass is 16.4. The zero-order valence-electron chi connectivity index (χ0n) is 17.3. The van der Waals surface area contributed by atoms with Gasteiger partial charge >= 0.3 is 6.09 Å². The monoisotopic (exact) mass is 391 g/mol. The van der Waals surface area contributed by atoms with E-state index in [1.165, 1.54) is 5.56 Å². The Hall–Kier alpha value is -2.92. The molecule has 3 rings (SSSR count). The minimum Gasteiger partial charge on any atom is -0.465 e. The van der Waals surface area contributed by atoms with Gasteiger partial charge in [0.2, 0.25) is 0 Å². The SMILES string of the molecule is Cc1ccc(-c2c(CN)c(CC(C)C)nc3ccc(CCNC(=O)O)cc23)cc1. The first-order valence-corrected chi connectivity index (χ1v) is 10.1. The van der Waals surface area contributed by atoms with Crippen LogP contribution < -0.4 is 11.1 Å². The number of amides is 1. The van der Waals surface area contributed by atoms with Crippen molar-refractivity contribution in [2.75, 3.05) is 6.54 Å². The molecule has 0 saturated carbocycles. The highest BCUT2D eigenvalue weighted by Crippen LogP contribution is 2.34. The number of hydrogen-bond acceptors (Lipinski definition) is 3. The molecule has 152 valence electrons. The van der Waals surface area contributed by atoms with Crippen LogP contribution in [-0.2, 0) is 19.4 Å². The van der Waals surface area contributed by atoms with Gasteiger partial charge in [0.05, 0.1) is 5.52 Å². The summed E-state index contributed by atoms with van der Waals surface area (Å²) in [5.41, 5.74) is 13.9. The molecule has 0 atom stereocenters. The lowest BCUT2D eigenvalue weighted by Crippen LogP contribution is -2.23. The van der Waals surface area contributed by atoms with Crippen LogP contribution in [0, 0.1) is 12.8 Å². The second-order valence-corrected chi connectivity index (χ2v) is 7.91. The summed E-state index contributed by atoms with van der Waals surface area (Å²) >= 11 is 0. The van der Waals surface area contributed by atoms with Gasteiger partial charge in [-0.3, -0.25) is 4.98 Å². The van der Waals surface area contributed by atoms with Crippen molar-refractivity contribution >= 4 is 17.0 Å². The van der Waals surface area contributed by atoms with E-state index in [1.54, 1.807) is 0 Å². The van der Waals surface area contributed by atoms with E-state index in [2.05, 4.69) is 56.4 Å². The fraction of sp³-hybridized carbons (Fsp3) is 0.333. The van der Waals surface area contributed by atoms with Crippen molar-refractivity contribution in [3.63, 3.8) is 0 Å². The van der Waals surface area contributed by atoms with E-state index in [1.807, 2.05) is 12.1 Å². The first-order valence-electron chi connectivity index (χ1n) is 10.1.